The Morgan fingerprint density at radius 1 is 2.00 bits per heavy atom. The molecule has 0 aromatic rings. The van der Waals surface area contributed by atoms with Gasteiger partial charge in [-0.3, -0.25) is 4.79 Å². The van der Waals surface area contributed by atoms with Crippen molar-refractivity contribution in [2.45, 2.75) is 6.04 Å². The van der Waals surface area contributed by atoms with Gasteiger partial charge >= 0.3 is 0 Å². The normalized spacial score (nSPS) is 12.8. The molecular formula is C4H11N2O2P. The highest BCUT2D eigenvalue weighted by Gasteiger charge is 2.09. The Balaban J connectivity index is 3.45. The summed E-state index contributed by atoms with van der Waals surface area (Å²) in [6.45, 7) is 0.227. The third kappa shape index (κ3) is 3.40. The van der Waals surface area contributed by atoms with Crippen LogP contribution < -0.4 is 11.1 Å². The third-order valence-corrected chi connectivity index (χ3v) is 1.05. The molecule has 5 heteroatoms. The van der Waals surface area contributed by atoms with Crippen LogP contribution in [0.4, 0.5) is 0 Å². The number of rotatable bonds is 3. The number of carbonyl (C=O) groups excluding carboxylic acids is 1. The van der Waals surface area contributed by atoms with E-state index < -0.39 is 6.04 Å². The molecule has 9 heavy (non-hydrogen) atoms. The summed E-state index contributed by atoms with van der Waals surface area (Å²) in [5, 5.41) is 2.40. The number of hydrogen-bond acceptors (Lipinski definition) is 3. The lowest BCUT2D eigenvalue weighted by Crippen LogP contribution is -2.41. The van der Waals surface area contributed by atoms with Gasteiger partial charge in [-0.25, -0.2) is 0 Å². The van der Waals surface area contributed by atoms with E-state index in [9.17, 15) is 4.79 Å². The van der Waals surface area contributed by atoms with E-state index in [4.69, 9.17) is 5.73 Å². The van der Waals surface area contributed by atoms with Gasteiger partial charge in [0.2, 0.25) is 5.91 Å². The first-order valence-corrected chi connectivity index (χ1v) is 2.98. The van der Waals surface area contributed by atoms with E-state index in [1.165, 1.54) is 7.05 Å². The van der Waals surface area contributed by atoms with E-state index in [2.05, 4.69) is 9.84 Å². The fraction of sp³-hybridized carbons (Fsp3) is 0.750. The lowest BCUT2D eigenvalue weighted by atomic mass is 10.3. The molecule has 0 bridgehead atoms. The zero-order valence-electron chi connectivity index (χ0n) is 5.26. The molecule has 0 saturated carbocycles. The van der Waals surface area contributed by atoms with Crippen molar-refractivity contribution in [2.75, 3.05) is 13.7 Å². The number of nitrogens with two attached hydrogens (primary N) is 1. The predicted octanol–water partition coefficient (Wildman–Crippen LogP) is -1.13. The van der Waals surface area contributed by atoms with Gasteiger partial charge in [0.25, 0.3) is 0 Å². The SMILES string of the molecule is CNC(=O)C(N)COP. The molecule has 1 amide bonds. The van der Waals surface area contributed by atoms with Gasteiger partial charge in [0.1, 0.15) is 6.04 Å². The molecule has 0 rings (SSSR count). The van der Waals surface area contributed by atoms with Crippen molar-refractivity contribution in [1.82, 2.24) is 5.32 Å². The molecule has 0 aromatic carbocycles. The Hall–Kier alpha value is -0.180. The van der Waals surface area contributed by atoms with Crippen molar-refractivity contribution in [1.29, 1.82) is 0 Å². The minimum atomic E-state index is -0.563. The second-order valence-electron chi connectivity index (χ2n) is 1.55. The standard InChI is InChI=1S/C4H11N2O2P/c1-6-4(7)3(5)2-8-9/h3H,2,5,9H2,1H3,(H,6,7). The number of likely N-dealkylation sites (N-methyl/N-ethyl adjacent to an activating group) is 1. The maximum absolute atomic E-state index is 10.6. The molecule has 2 atom stereocenters. The van der Waals surface area contributed by atoms with Crippen molar-refractivity contribution in [3.63, 3.8) is 0 Å². The summed E-state index contributed by atoms with van der Waals surface area (Å²) >= 11 is 0. The molecule has 0 aliphatic carbocycles. The largest absolute Gasteiger partial charge is 0.363 e. The molecule has 0 spiro atoms. The number of carbonyl (C=O) groups is 1. The molecule has 0 aliphatic heterocycles. The maximum Gasteiger partial charge on any atom is 0.239 e. The van der Waals surface area contributed by atoms with E-state index in [1.807, 2.05) is 9.47 Å². The molecule has 3 N–H and O–H groups in total. The average molecular weight is 150 g/mol. The van der Waals surface area contributed by atoms with Crippen molar-refractivity contribution < 1.29 is 9.32 Å². The van der Waals surface area contributed by atoms with E-state index in [0.29, 0.717) is 0 Å². The number of hydrogen-bond donors (Lipinski definition) is 2. The lowest BCUT2D eigenvalue weighted by Gasteiger charge is -2.06. The Kier molecular flexibility index (Phi) is 4.58. The average Bonchev–Trinajstić information content (AvgIpc) is 1.87. The van der Waals surface area contributed by atoms with Crippen molar-refractivity contribution >= 4 is 15.4 Å². The van der Waals surface area contributed by atoms with Gasteiger partial charge in [-0.2, -0.15) is 0 Å². The molecule has 0 radical (unpaired) electrons. The molecule has 0 aliphatic rings. The Morgan fingerprint density at radius 3 is 2.89 bits per heavy atom. The van der Waals surface area contributed by atoms with Gasteiger partial charge in [0.05, 0.1) is 6.61 Å². The summed E-state index contributed by atoms with van der Waals surface area (Å²) in [4.78, 5) is 10.6. The zero-order chi connectivity index (χ0) is 7.28. The van der Waals surface area contributed by atoms with Crippen LogP contribution in [0.25, 0.3) is 0 Å². The minimum absolute atomic E-state index is 0.211. The highest BCUT2D eigenvalue weighted by molar-refractivity contribution is 7.09. The van der Waals surface area contributed by atoms with Crippen LogP contribution in [0.2, 0.25) is 0 Å². The van der Waals surface area contributed by atoms with Crippen molar-refractivity contribution in [3.8, 4) is 0 Å². The molecule has 0 saturated heterocycles. The molecule has 0 fully saturated rings. The van der Waals surface area contributed by atoms with Gasteiger partial charge in [0.15, 0.2) is 0 Å². The van der Waals surface area contributed by atoms with E-state index in [0.717, 1.165) is 0 Å². The minimum Gasteiger partial charge on any atom is -0.363 e. The fourth-order valence-electron chi connectivity index (χ4n) is 0.365. The van der Waals surface area contributed by atoms with Gasteiger partial charge in [-0.1, -0.05) is 0 Å². The molecule has 0 heterocycles. The Morgan fingerprint density at radius 2 is 2.56 bits per heavy atom. The summed E-state index contributed by atoms with van der Waals surface area (Å²) in [6.07, 6.45) is 0. The zero-order valence-corrected chi connectivity index (χ0v) is 6.41. The van der Waals surface area contributed by atoms with Crippen LogP contribution >= 0.6 is 9.47 Å². The second-order valence-corrected chi connectivity index (χ2v) is 1.89. The predicted molar refractivity (Wildman–Crippen MR) is 37.7 cm³/mol. The van der Waals surface area contributed by atoms with Crippen molar-refractivity contribution in [2.24, 2.45) is 5.73 Å². The molecule has 54 valence electrons. The second kappa shape index (κ2) is 4.68. The Bertz CT molecular complexity index is 98.6. The van der Waals surface area contributed by atoms with Crippen LogP contribution in [0.5, 0.6) is 0 Å². The lowest BCUT2D eigenvalue weighted by molar-refractivity contribution is -0.122. The van der Waals surface area contributed by atoms with Crippen molar-refractivity contribution in [3.05, 3.63) is 0 Å². The van der Waals surface area contributed by atoms with Gasteiger partial charge < -0.3 is 15.6 Å². The first-order valence-electron chi connectivity index (χ1n) is 2.51. The fourth-order valence-corrected chi connectivity index (χ4v) is 0.572. The summed E-state index contributed by atoms with van der Waals surface area (Å²) in [5.74, 6) is -0.211. The van der Waals surface area contributed by atoms with Crippen LogP contribution in [0, 0.1) is 0 Å². The summed E-state index contributed by atoms with van der Waals surface area (Å²) < 4.78 is 4.56. The maximum atomic E-state index is 10.6. The first-order chi connectivity index (χ1) is 4.22. The third-order valence-electron chi connectivity index (χ3n) is 0.859. The molecule has 0 aromatic heterocycles. The molecule has 4 nitrogen and oxygen atoms in total. The van der Waals surface area contributed by atoms with E-state index in [-0.39, 0.29) is 12.5 Å². The van der Waals surface area contributed by atoms with Gasteiger partial charge in [-0.05, 0) is 0 Å². The van der Waals surface area contributed by atoms with Crippen LogP contribution in [0.3, 0.4) is 0 Å². The first kappa shape index (κ1) is 8.82. The van der Waals surface area contributed by atoms with Gasteiger partial charge in [0, 0.05) is 16.5 Å². The van der Waals surface area contributed by atoms with Crippen LogP contribution in [0.1, 0.15) is 0 Å². The molecular weight excluding hydrogens is 139 g/mol. The van der Waals surface area contributed by atoms with Crippen LogP contribution in [0.15, 0.2) is 0 Å². The van der Waals surface area contributed by atoms with E-state index in [1.54, 1.807) is 0 Å². The van der Waals surface area contributed by atoms with E-state index >= 15 is 0 Å². The highest BCUT2D eigenvalue weighted by atomic mass is 31.0. The summed E-state index contributed by atoms with van der Waals surface area (Å²) in [5.41, 5.74) is 5.29. The summed E-state index contributed by atoms with van der Waals surface area (Å²) in [6, 6.07) is -0.563. The molecule has 2 unspecified atom stereocenters. The topological polar surface area (TPSA) is 64.4 Å². The Labute approximate surface area is 56.4 Å². The van der Waals surface area contributed by atoms with Crippen LogP contribution in [-0.2, 0) is 9.32 Å². The van der Waals surface area contributed by atoms with Crippen LogP contribution in [-0.4, -0.2) is 25.6 Å². The monoisotopic (exact) mass is 150 g/mol. The smallest absolute Gasteiger partial charge is 0.239 e. The quantitative estimate of drug-likeness (QED) is 0.500. The number of amides is 1. The summed E-state index contributed by atoms with van der Waals surface area (Å²) in [7, 11) is 3.56. The van der Waals surface area contributed by atoms with Gasteiger partial charge in [-0.15, -0.1) is 0 Å². The number of nitrogens with one attached hydrogen (secondary N) is 1. The highest BCUT2D eigenvalue weighted by Crippen LogP contribution is 1.87.